The summed E-state index contributed by atoms with van der Waals surface area (Å²) in [6.07, 6.45) is 3.77. The summed E-state index contributed by atoms with van der Waals surface area (Å²) in [5, 5.41) is 5.13. The predicted molar refractivity (Wildman–Crippen MR) is 104 cm³/mol. The lowest BCUT2D eigenvalue weighted by atomic mass is 10.2. The molecule has 0 saturated carbocycles. The Morgan fingerprint density at radius 1 is 1.04 bits per heavy atom. The largest absolute Gasteiger partial charge is 0.497 e. The van der Waals surface area contributed by atoms with Crippen LogP contribution in [0.1, 0.15) is 11.3 Å². The molecule has 0 radical (unpaired) electrons. The summed E-state index contributed by atoms with van der Waals surface area (Å²) in [6.45, 7) is 0. The molecule has 6 heteroatoms. The number of hydrogen-bond donors (Lipinski definition) is 0. The Morgan fingerprint density at radius 2 is 1.81 bits per heavy atom. The fraction of sp³-hybridized carbons (Fsp3) is 0.0500. The van der Waals surface area contributed by atoms with E-state index in [0.29, 0.717) is 10.7 Å². The molecule has 0 aliphatic heterocycles. The van der Waals surface area contributed by atoms with E-state index in [4.69, 9.17) is 4.74 Å². The van der Waals surface area contributed by atoms with Crippen molar-refractivity contribution in [2.45, 2.75) is 0 Å². The van der Waals surface area contributed by atoms with E-state index in [0.717, 1.165) is 21.9 Å². The molecule has 0 saturated heterocycles. The van der Waals surface area contributed by atoms with Crippen molar-refractivity contribution in [3.63, 3.8) is 0 Å². The van der Waals surface area contributed by atoms with Gasteiger partial charge in [0.2, 0.25) is 4.96 Å². The Kier molecular flexibility index (Phi) is 4.33. The second-order valence-electron chi connectivity index (χ2n) is 5.59. The van der Waals surface area contributed by atoms with Crippen molar-refractivity contribution in [1.82, 2.24) is 14.6 Å². The van der Waals surface area contributed by atoms with Crippen molar-refractivity contribution in [1.29, 1.82) is 0 Å². The van der Waals surface area contributed by atoms with Gasteiger partial charge in [0.05, 0.1) is 12.8 Å². The second-order valence-corrected chi connectivity index (χ2v) is 6.55. The normalized spacial score (nSPS) is 11.3. The molecule has 0 fully saturated rings. The van der Waals surface area contributed by atoms with Gasteiger partial charge >= 0.3 is 0 Å². The van der Waals surface area contributed by atoms with Crippen molar-refractivity contribution in [2.24, 2.45) is 0 Å². The van der Waals surface area contributed by atoms with E-state index in [1.54, 1.807) is 7.11 Å². The average molecular weight is 361 g/mol. The van der Waals surface area contributed by atoms with Crippen molar-refractivity contribution in [3.05, 3.63) is 82.3 Å². The first kappa shape index (κ1) is 16.2. The van der Waals surface area contributed by atoms with Gasteiger partial charge in [-0.15, -0.1) is 0 Å². The molecule has 0 N–H and O–H groups in total. The highest BCUT2D eigenvalue weighted by molar-refractivity contribution is 7.19. The van der Waals surface area contributed by atoms with Crippen LogP contribution >= 0.6 is 11.3 Å². The Hall–Kier alpha value is -3.25. The number of fused-ring (bicyclic) bond motifs is 1. The fourth-order valence-electron chi connectivity index (χ4n) is 2.51. The summed E-state index contributed by atoms with van der Waals surface area (Å²) in [4.78, 5) is 17.5. The summed E-state index contributed by atoms with van der Waals surface area (Å²) >= 11 is 1.38. The molecule has 0 spiro atoms. The summed E-state index contributed by atoms with van der Waals surface area (Å²) in [5.41, 5.74) is 2.39. The van der Waals surface area contributed by atoms with Gasteiger partial charge < -0.3 is 4.74 Å². The average Bonchev–Trinajstić information content (AvgIpc) is 3.12. The molecule has 5 nitrogen and oxygen atoms in total. The lowest BCUT2D eigenvalue weighted by Gasteiger charge is -1.99. The number of nitrogens with zero attached hydrogens (tertiary/aromatic N) is 3. The zero-order chi connectivity index (χ0) is 17.9. The molecular weight excluding hydrogens is 346 g/mol. The van der Waals surface area contributed by atoms with Crippen molar-refractivity contribution >= 4 is 28.4 Å². The third-order valence-corrected chi connectivity index (χ3v) is 4.81. The molecule has 0 atom stereocenters. The molecule has 4 rings (SSSR count). The van der Waals surface area contributed by atoms with Gasteiger partial charge in [0, 0.05) is 11.6 Å². The third-order valence-electron chi connectivity index (χ3n) is 3.85. The molecule has 26 heavy (non-hydrogen) atoms. The zero-order valence-electron chi connectivity index (χ0n) is 14.0. The van der Waals surface area contributed by atoms with Crippen LogP contribution in [0.3, 0.4) is 0 Å². The Balaban J connectivity index is 1.70. The van der Waals surface area contributed by atoms with Gasteiger partial charge in [0.15, 0.2) is 0 Å². The molecule has 2 aromatic carbocycles. The van der Waals surface area contributed by atoms with Crippen LogP contribution in [0.2, 0.25) is 0 Å². The number of rotatable bonds is 4. The van der Waals surface area contributed by atoms with Gasteiger partial charge in [-0.05, 0) is 35.9 Å². The molecule has 2 heterocycles. The molecule has 2 aromatic heterocycles. The highest BCUT2D eigenvalue weighted by atomic mass is 32.1. The third kappa shape index (κ3) is 3.27. The smallest absolute Gasteiger partial charge is 0.275 e. The molecule has 0 aliphatic carbocycles. The molecule has 128 valence electrons. The molecule has 0 aliphatic rings. The van der Waals surface area contributed by atoms with E-state index in [-0.39, 0.29) is 5.56 Å². The van der Waals surface area contributed by atoms with E-state index >= 15 is 0 Å². The lowest BCUT2D eigenvalue weighted by Crippen LogP contribution is -2.14. The summed E-state index contributed by atoms with van der Waals surface area (Å²) in [6, 6.07) is 18.9. The zero-order valence-corrected chi connectivity index (χ0v) is 14.8. The Bertz CT molecular complexity index is 1130. The van der Waals surface area contributed by atoms with Gasteiger partial charge in [0.25, 0.3) is 5.56 Å². The molecule has 4 aromatic rings. The number of benzene rings is 2. The Labute approximate surface area is 153 Å². The minimum Gasteiger partial charge on any atom is -0.497 e. The summed E-state index contributed by atoms with van der Waals surface area (Å²) in [5.74, 6) is 0.776. The SMILES string of the molecule is COc1ccc(-c2nn3c(=O)cc(C=Cc4ccccc4)nc3s2)cc1. The highest BCUT2D eigenvalue weighted by Gasteiger charge is 2.10. The van der Waals surface area contributed by atoms with E-state index in [9.17, 15) is 4.79 Å². The number of aromatic nitrogens is 3. The van der Waals surface area contributed by atoms with E-state index in [2.05, 4.69) is 10.1 Å². The monoisotopic (exact) mass is 361 g/mol. The first-order chi connectivity index (χ1) is 12.7. The quantitative estimate of drug-likeness (QED) is 0.551. The van der Waals surface area contributed by atoms with Gasteiger partial charge in [-0.2, -0.15) is 9.61 Å². The summed E-state index contributed by atoms with van der Waals surface area (Å²) in [7, 11) is 1.63. The van der Waals surface area contributed by atoms with Crippen LogP contribution in [-0.2, 0) is 0 Å². The van der Waals surface area contributed by atoms with Gasteiger partial charge in [-0.25, -0.2) is 4.98 Å². The number of hydrogen-bond acceptors (Lipinski definition) is 5. The van der Waals surface area contributed by atoms with Crippen LogP contribution < -0.4 is 10.3 Å². The number of ether oxygens (including phenoxy) is 1. The molecule has 0 unspecified atom stereocenters. The molecular formula is C20H15N3O2S. The van der Waals surface area contributed by atoms with Crippen molar-refractivity contribution < 1.29 is 4.74 Å². The molecule has 0 bridgehead atoms. The maximum absolute atomic E-state index is 12.4. The fourth-order valence-corrected chi connectivity index (χ4v) is 3.43. The molecule has 0 amide bonds. The first-order valence-electron chi connectivity index (χ1n) is 8.01. The minimum atomic E-state index is -0.196. The van der Waals surface area contributed by atoms with E-state index < -0.39 is 0 Å². The van der Waals surface area contributed by atoms with Crippen molar-refractivity contribution in [3.8, 4) is 16.3 Å². The number of methoxy groups -OCH3 is 1. The highest BCUT2D eigenvalue weighted by Crippen LogP contribution is 2.26. The second kappa shape index (κ2) is 6.93. The predicted octanol–water partition coefficient (Wildman–Crippen LogP) is 4.00. The Morgan fingerprint density at radius 3 is 2.54 bits per heavy atom. The van der Waals surface area contributed by atoms with Crippen LogP contribution in [0.4, 0.5) is 0 Å². The van der Waals surface area contributed by atoms with Crippen LogP contribution in [0.25, 0.3) is 27.7 Å². The van der Waals surface area contributed by atoms with Crippen LogP contribution in [-0.4, -0.2) is 21.7 Å². The summed E-state index contributed by atoms with van der Waals surface area (Å²) < 4.78 is 6.51. The van der Waals surface area contributed by atoms with Gasteiger partial charge in [-0.1, -0.05) is 47.7 Å². The maximum atomic E-state index is 12.4. The van der Waals surface area contributed by atoms with Gasteiger partial charge in [0.1, 0.15) is 10.8 Å². The first-order valence-corrected chi connectivity index (χ1v) is 8.83. The van der Waals surface area contributed by atoms with Crippen LogP contribution in [0.15, 0.2) is 65.5 Å². The lowest BCUT2D eigenvalue weighted by molar-refractivity contribution is 0.415. The van der Waals surface area contributed by atoms with Crippen molar-refractivity contribution in [2.75, 3.05) is 7.11 Å². The van der Waals surface area contributed by atoms with Gasteiger partial charge in [-0.3, -0.25) is 4.79 Å². The van der Waals surface area contributed by atoms with Crippen LogP contribution in [0, 0.1) is 0 Å². The topological polar surface area (TPSA) is 56.5 Å². The van der Waals surface area contributed by atoms with E-state index in [1.807, 2.05) is 66.7 Å². The van der Waals surface area contributed by atoms with E-state index in [1.165, 1.54) is 21.9 Å². The minimum absolute atomic E-state index is 0.196. The maximum Gasteiger partial charge on any atom is 0.275 e. The van der Waals surface area contributed by atoms with Crippen LogP contribution in [0.5, 0.6) is 5.75 Å². The standard InChI is InChI=1S/C20H15N3O2S/c1-25-17-11-8-15(9-12-17)19-22-23-18(24)13-16(21-20(23)26-19)10-7-14-5-3-2-4-6-14/h2-13H,1H3.